The summed E-state index contributed by atoms with van der Waals surface area (Å²) in [6.07, 6.45) is 1.82. The smallest absolute Gasteiger partial charge is 0.327 e. The molecule has 2 heterocycles. The molecule has 2 amide bonds. The quantitative estimate of drug-likeness (QED) is 0.869. The summed E-state index contributed by atoms with van der Waals surface area (Å²) in [6.45, 7) is 7.85. The van der Waals surface area contributed by atoms with E-state index in [0.717, 1.165) is 25.9 Å². The molecule has 114 valence electrons. The summed E-state index contributed by atoms with van der Waals surface area (Å²) in [5, 5.41) is 9.35. The number of carboxylic acids is 1. The van der Waals surface area contributed by atoms with Gasteiger partial charge in [0.15, 0.2) is 0 Å². The van der Waals surface area contributed by atoms with Gasteiger partial charge in [-0.1, -0.05) is 27.2 Å². The van der Waals surface area contributed by atoms with Crippen LogP contribution in [-0.2, 0) is 4.79 Å². The third-order valence-corrected chi connectivity index (χ3v) is 5.75. The van der Waals surface area contributed by atoms with Crippen LogP contribution in [-0.4, -0.2) is 57.2 Å². The van der Waals surface area contributed by atoms with E-state index >= 15 is 0 Å². The van der Waals surface area contributed by atoms with Crippen LogP contribution in [0.1, 0.15) is 33.6 Å². The number of hydrogen-bond donors (Lipinski definition) is 1. The molecule has 2 aliphatic heterocycles. The topological polar surface area (TPSA) is 60.9 Å². The number of nitrogens with zero attached hydrogens (tertiary/aromatic N) is 2. The van der Waals surface area contributed by atoms with Crippen LogP contribution in [0.4, 0.5) is 4.79 Å². The summed E-state index contributed by atoms with van der Waals surface area (Å²) >= 11 is 1.60. The Balaban J connectivity index is 2.13. The maximum Gasteiger partial charge on any atom is 0.327 e. The van der Waals surface area contributed by atoms with Gasteiger partial charge in [0, 0.05) is 18.8 Å². The Morgan fingerprint density at radius 2 is 1.85 bits per heavy atom. The Labute approximate surface area is 124 Å². The van der Waals surface area contributed by atoms with Crippen LogP contribution in [0.3, 0.4) is 0 Å². The van der Waals surface area contributed by atoms with Gasteiger partial charge < -0.3 is 10.0 Å². The molecule has 2 saturated heterocycles. The molecular weight excluding hydrogens is 276 g/mol. The van der Waals surface area contributed by atoms with Gasteiger partial charge in [0.05, 0.1) is 5.37 Å². The number of aliphatic carboxylic acids is 1. The molecule has 4 unspecified atom stereocenters. The largest absolute Gasteiger partial charge is 0.480 e. The molecule has 0 aromatic rings. The van der Waals surface area contributed by atoms with Crippen LogP contribution < -0.4 is 0 Å². The van der Waals surface area contributed by atoms with E-state index < -0.39 is 12.0 Å². The van der Waals surface area contributed by atoms with Crippen molar-refractivity contribution in [2.75, 3.05) is 18.8 Å². The van der Waals surface area contributed by atoms with E-state index in [2.05, 4.69) is 20.8 Å². The molecular formula is C14H24N2O3S. The zero-order valence-corrected chi connectivity index (χ0v) is 13.2. The van der Waals surface area contributed by atoms with Gasteiger partial charge in [0.1, 0.15) is 6.04 Å². The maximum atomic E-state index is 12.7. The highest BCUT2D eigenvalue weighted by Gasteiger charge is 2.44. The van der Waals surface area contributed by atoms with Gasteiger partial charge in [-0.05, 0) is 18.3 Å². The van der Waals surface area contributed by atoms with Crippen molar-refractivity contribution >= 4 is 23.8 Å². The summed E-state index contributed by atoms with van der Waals surface area (Å²) in [5.74, 6) is 0.596. The van der Waals surface area contributed by atoms with Gasteiger partial charge in [-0.2, -0.15) is 0 Å². The molecule has 0 bridgehead atoms. The van der Waals surface area contributed by atoms with Gasteiger partial charge >= 0.3 is 12.0 Å². The molecule has 20 heavy (non-hydrogen) atoms. The minimum absolute atomic E-state index is 0.0137. The average molecular weight is 300 g/mol. The van der Waals surface area contributed by atoms with Gasteiger partial charge in [0.2, 0.25) is 0 Å². The number of carboxylic acid groups (broad SMARTS) is 1. The lowest BCUT2D eigenvalue weighted by molar-refractivity contribution is -0.141. The first-order chi connectivity index (χ1) is 9.45. The Morgan fingerprint density at radius 3 is 2.35 bits per heavy atom. The van der Waals surface area contributed by atoms with Crippen molar-refractivity contribution in [2.24, 2.45) is 11.8 Å². The van der Waals surface area contributed by atoms with Crippen LogP contribution in [0.25, 0.3) is 0 Å². The SMILES string of the molecule is CCCC1SCC(C(=O)O)N1C(=O)N1CC(C)C(C)C1. The Kier molecular flexibility index (Phi) is 4.83. The third kappa shape index (κ3) is 2.90. The van der Waals surface area contributed by atoms with Crippen molar-refractivity contribution < 1.29 is 14.7 Å². The molecule has 2 rings (SSSR count). The molecule has 0 aromatic heterocycles. The Hall–Kier alpha value is -0.910. The highest BCUT2D eigenvalue weighted by atomic mass is 32.2. The van der Waals surface area contributed by atoms with Crippen LogP contribution in [0.2, 0.25) is 0 Å². The second kappa shape index (κ2) is 6.24. The minimum Gasteiger partial charge on any atom is -0.480 e. The fourth-order valence-electron chi connectivity index (χ4n) is 2.93. The van der Waals surface area contributed by atoms with Gasteiger partial charge in [-0.25, -0.2) is 9.59 Å². The summed E-state index contributed by atoms with van der Waals surface area (Å²) in [5.41, 5.74) is 0. The molecule has 0 saturated carbocycles. The van der Waals surface area contributed by atoms with E-state index in [0.29, 0.717) is 17.6 Å². The number of carbonyl (C=O) groups is 2. The average Bonchev–Trinajstić information content (AvgIpc) is 2.94. The molecule has 2 fully saturated rings. The van der Waals surface area contributed by atoms with Crippen molar-refractivity contribution in [3.63, 3.8) is 0 Å². The molecule has 6 heteroatoms. The van der Waals surface area contributed by atoms with E-state index in [4.69, 9.17) is 0 Å². The molecule has 5 nitrogen and oxygen atoms in total. The predicted octanol–water partition coefficient (Wildman–Crippen LogP) is 2.32. The molecule has 0 aromatic carbocycles. The fraction of sp³-hybridized carbons (Fsp3) is 0.857. The lowest BCUT2D eigenvalue weighted by atomic mass is 10.0. The van der Waals surface area contributed by atoms with Crippen LogP contribution in [0, 0.1) is 11.8 Å². The first-order valence-corrected chi connectivity index (χ1v) is 8.42. The number of thioether (sulfide) groups is 1. The first kappa shape index (κ1) is 15.5. The molecule has 0 radical (unpaired) electrons. The molecule has 2 aliphatic rings. The normalized spacial score (nSPS) is 33.8. The van der Waals surface area contributed by atoms with Crippen molar-refractivity contribution in [1.29, 1.82) is 0 Å². The van der Waals surface area contributed by atoms with Crippen molar-refractivity contribution in [3.8, 4) is 0 Å². The molecule has 0 spiro atoms. The number of carbonyl (C=O) groups excluding carboxylic acids is 1. The van der Waals surface area contributed by atoms with E-state index in [-0.39, 0.29) is 11.4 Å². The van der Waals surface area contributed by atoms with Gasteiger partial charge in [-0.3, -0.25) is 4.90 Å². The van der Waals surface area contributed by atoms with E-state index in [1.807, 2.05) is 4.90 Å². The van der Waals surface area contributed by atoms with E-state index in [1.165, 1.54) is 0 Å². The van der Waals surface area contributed by atoms with Gasteiger partial charge in [0.25, 0.3) is 0 Å². The van der Waals surface area contributed by atoms with Crippen LogP contribution in [0.15, 0.2) is 0 Å². The fourth-order valence-corrected chi connectivity index (χ4v) is 4.44. The Bertz CT molecular complexity index is 381. The monoisotopic (exact) mass is 300 g/mol. The molecule has 1 N–H and O–H groups in total. The van der Waals surface area contributed by atoms with Gasteiger partial charge in [-0.15, -0.1) is 11.8 Å². The first-order valence-electron chi connectivity index (χ1n) is 7.37. The Morgan fingerprint density at radius 1 is 1.25 bits per heavy atom. The number of urea groups is 1. The number of likely N-dealkylation sites (tertiary alicyclic amines) is 1. The van der Waals surface area contributed by atoms with Crippen molar-refractivity contribution in [2.45, 2.75) is 45.0 Å². The van der Waals surface area contributed by atoms with Crippen LogP contribution in [0.5, 0.6) is 0 Å². The molecule has 0 aliphatic carbocycles. The second-order valence-electron chi connectivity index (χ2n) is 5.98. The zero-order chi connectivity index (χ0) is 14.9. The summed E-state index contributed by atoms with van der Waals surface area (Å²) < 4.78 is 0. The number of rotatable bonds is 3. The van der Waals surface area contributed by atoms with Crippen molar-refractivity contribution in [1.82, 2.24) is 9.80 Å². The highest BCUT2D eigenvalue weighted by Crippen LogP contribution is 2.34. The third-order valence-electron chi connectivity index (χ3n) is 4.39. The van der Waals surface area contributed by atoms with E-state index in [1.54, 1.807) is 16.7 Å². The summed E-state index contributed by atoms with van der Waals surface area (Å²) in [7, 11) is 0. The van der Waals surface area contributed by atoms with E-state index in [9.17, 15) is 14.7 Å². The molecule has 4 atom stereocenters. The standard InChI is InChI=1S/C14H24N2O3S/c1-4-5-12-16(11(8-20-12)13(17)18)14(19)15-6-9(2)10(3)7-15/h9-12H,4-8H2,1-3H3,(H,17,18). The predicted molar refractivity (Wildman–Crippen MR) is 79.7 cm³/mol. The maximum absolute atomic E-state index is 12.7. The minimum atomic E-state index is -0.884. The zero-order valence-electron chi connectivity index (χ0n) is 12.4. The number of amides is 2. The van der Waals surface area contributed by atoms with Crippen molar-refractivity contribution in [3.05, 3.63) is 0 Å². The summed E-state index contributed by atoms with van der Waals surface area (Å²) in [6, 6.07) is -0.757. The second-order valence-corrected chi connectivity index (χ2v) is 7.19. The summed E-state index contributed by atoms with van der Waals surface area (Å²) in [4.78, 5) is 27.5. The highest BCUT2D eigenvalue weighted by molar-refractivity contribution is 8.00. The number of hydrogen-bond acceptors (Lipinski definition) is 3. The lowest BCUT2D eigenvalue weighted by Crippen LogP contribution is -2.51. The van der Waals surface area contributed by atoms with Crippen LogP contribution >= 0.6 is 11.8 Å². The lowest BCUT2D eigenvalue weighted by Gasteiger charge is -2.31.